The van der Waals surface area contributed by atoms with E-state index in [0.29, 0.717) is 18.3 Å². The first kappa shape index (κ1) is 8.11. The minimum absolute atomic E-state index is 0.0404. The van der Waals surface area contributed by atoms with Crippen molar-refractivity contribution in [2.45, 2.75) is 38.2 Å². The summed E-state index contributed by atoms with van der Waals surface area (Å²) < 4.78 is 5.65. The maximum atomic E-state index is 9.39. The summed E-state index contributed by atoms with van der Waals surface area (Å²) in [5.41, 5.74) is 0.0404. The molecule has 0 spiro atoms. The molecule has 1 saturated carbocycles. The summed E-state index contributed by atoms with van der Waals surface area (Å²) in [4.78, 5) is 0. The van der Waals surface area contributed by atoms with Gasteiger partial charge in [-0.15, -0.1) is 0 Å². The van der Waals surface area contributed by atoms with Crippen molar-refractivity contribution in [2.75, 3.05) is 6.61 Å². The fourth-order valence-corrected chi connectivity index (χ4v) is 2.13. The number of aliphatic hydroxyl groups excluding tert-OH is 1. The first-order valence-electron chi connectivity index (χ1n) is 4.72. The molecule has 2 heteroatoms. The molecule has 68 valence electrons. The number of ether oxygens (including phenoxy) is 1. The van der Waals surface area contributed by atoms with Gasteiger partial charge in [-0.05, 0) is 44.6 Å². The third-order valence-corrected chi connectivity index (χ3v) is 3.08. The monoisotopic (exact) mass is 168 g/mol. The maximum Gasteiger partial charge on any atom is 0.114 e. The fraction of sp³-hybridized carbons (Fsp3) is 0.800. The van der Waals surface area contributed by atoms with Gasteiger partial charge >= 0.3 is 0 Å². The number of rotatable bonds is 0. The lowest BCUT2D eigenvalue weighted by Gasteiger charge is -2.38. The second kappa shape index (κ2) is 2.77. The second-order valence-corrected chi connectivity index (χ2v) is 4.23. The van der Waals surface area contributed by atoms with Gasteiger partial charge in [0.15, 0.2) is 0 Å². The van der Waals surface area contributed by atoms with E-state index in [1.54, 1.807) is 0 Å². The van der Waals surface area contributed by atoms with Gasteiger partial charge in [-0.3, -0.25) is 0 Å². The van der Waals surface area contributed by atoms with Gasteiger partial charge in [-0.2, -0.15) is 0 Å². The first-order valence-corrected chi connectivity index (χ1v) is 4.72. The van der Waals surface area contributed by atoms with Crippen LogP contribution in [0.15, 0.2) is 11.8 Å². The average Bonchev–Trinajstić information content (AvgIpc) is 2.04. The van der Waals surface area contributed by atoms with Crippen LogP contribution in [0, 0.1) is 5.92 Å². The molecule has 2 heterocycles. The Balaban J connectivity index is 2.18. The highest BCUT2D eigenvalue weighted by molar-refractivity contribution is 5.02. The lowest BCUT2D eigenvalue weighted by Crippen LogP contribution is -2.36. The van der Waals surface area contributed by atoms with Crippen LogP contribution in [0.2, 0.25) is 0 Å². The first-order chi connectivity index (χ1) is 5.68. The van der Waals surface area contributed by atoms with Gasteiger partial charge < -0.3 is 9.84 Å². The van der Waals surface area contributed by atoms with Crippen molar-refractivity contribution in [3.05, 3.63) is 11.8 Å². The molecular formula is C10H16O2. The van der Waals surface area contributed by atoms with Gasteiger partial charge in [0.25, 0.3) is 0 Å². The summed E-state index contributed by atoms with van der Waals surface area (Å²) in [5, 5.41) is 9.39. The molecule has 0 aromatic heterocycles. The van der Waals surface area contributed by atoms with Crippen LogP contribution < -0.4 is 0 Å². The number of hydrogen-bond acceptors (Lipinski definition) is 2. The highest BCUT2D eigenvalue weighted by atomic mass is 16.5. The van der Waals surface area contributed by atoms with Crippen LogP contribution in [0.4, 0.5) is 0 Å². The number of hydrogen-bond donors (Lipinski definition) is 1. The third kappa shape index (κ3) is 1.48. The average molecular weight is 168 g/mol. The molecule has 12 heavy (non-hydrogen) atoms. The molecule has 0 saturated heterocycles. The zero-order valence-corrected chi connectivity index (χ0v) is 7.55. The summed E-state index contributed by atoms with van der Waals surface area (Å²) in [5.74, 6) is 1.02. The second-order valence-electron chi connectivity index (χ2n) is 4.23. The van der Waals surface area contributed by atoms with Gasteiger partial charge in [-0.25, -0.2) is 0 Å². The van der Waals surface area contributed by atoms with E-state index in [2.05, 4.69) is 6.92 Å². The zero-order valence-electron chi connectivity index (χ0n) is 7.55. The molecule has 0 amide bonds. The predicted octanol–water partition coefficient (Wildman–Crippen LogP) is 2.41. The molecule has 1 fully saturated rings. The molecule has 2 aliphatic heterocycles. The molecule has 2 bridgehead atoms. The molecule has 0 aromatic rings. The Hall–Kier alpha value is -0.500. The molecule has 0 aromatic carbocycles. The Labute approximate surface area is 73.2 Å². The summed E-state index contributed by atoms with van der Waals surface area (Å²) in [6.45, 7) is 2.56. The van der Waals surface area contributed by atoms with Crippen LogP contribution in [0.3, 0.4) is 0 Å². The van der Waals surface area contributed by atoms with Crippen LogP contribution in [-0.4, -0.2) is 17.3 Å². The third-order valence-electron chi connectivity index (χ3n) is 3.08. The molecule has 0 radical (unpaired) electrons. The SMILES string of the molecule is CC12CCC(C=C(O)CO1)CC2. The van der Waals surface area contributed by atoms with E-state index in [1.807, 2.05) is 6.08 Å². The van der Waals surface area contributed by atoms with Crippen molar-refractivity contribution in [3.63, 3.8) is 0 Å². The van der Waals surface area contributed by atoms with E-state index in [-0.39, 0.29) is 5.60 Å². The van der Waals surface area contributed by atoms with Gasteiger partial charge in [0, 0.05) is 0 Å². The predicted molar refractivity (Wildman–Crippen MR) is 47.0 cm³/mol. The maximum absolute atomic E-state index is 9.39. The standard InChI is InChI=1S/C10H16O2/c1-10-4-2-8(3-5-10)6-9(11)7-12-10/h6,8,11H,2-5,7H2,1H3. The van der Waals surface area contributed by atoms with Crippen molar-refractivity contribution < 1.29 is 9.84 Å². The molecular weight excluding hydrogens is 152 g/mol. The summed E-state index contributed by atoms with van der Waals surface area (Å²) in [7, 11) is 0. The zero-order chi connectivity index (χ0) is 8.60. The Morgan fingerprint density at radius 1 is 1.50 bits per heavy atom. The molecule has 3 aliphatic rings. The van der Waals surface area contributed by atoms with Crippen LogP contribution in [0.5, 0.6) is 0 Å². The lowest BCUT2D eigenvalue weighted by atomic mass is 9.79. The van der Waals surface area contributed by atoms with Gasteiger partial charge in [0.2, 0.25) is 0 Å². The molecule has 2 nitrogen and oxygen atoms in total. The van der Waals surface area contributed by atoms with Crippen molar-refractivity contribution in [1.29, 1.82) is 0 Å². The highest BCUT2D eigenvalue weighted by Crippen LogP contribution is 2.37. The Kier molecular flexibility index (Phi) is 1.87. The molecule has 0 unspecified atom stereocenters. The summed E-state index contributed by atoms with van der Waals surface area (Å²) in [6.07, 6.45) is 6.59. The van der Waals surface area contributed by atoms with Gasteiger partial charge in [0.1, 0.15) is 12.4 Å². The normalized spacial score (nSPS) is 41.8. The number of fused-ring (bicyclic) bond motifs is 4. The molecule has 1 aliphatic carbocycles. The van der Waals surface area contributed by atoms with Crippen molar-refractivity contribution >= 4 is 0 Å². The van der Waals surface area contributed by atoms with Crippen LogP contribution in [0.25, 0.3) is 0 Å². The lowest BCUT2D eigenvalue weighted by molar-refractivity contribution is -0.0659. The van der Waals surface area contributed by atoms with E-state index < -0.39 is 0 Å². The number of allylic oxidation sites excluding steroid dienone is 1. The fourth-order valence-electron chi connectivity index (χ4n) is 2.13. The van der Waals surface area contributed by atoms with Gasteiger partial charge in [0.05, 0.1) is 5.60 Å². The smallest absolute Gasteiger partial charge is 0.114 e. The van der Waals surface area contributed by atoms with E-state index in [1.165, 1.54) is 12.8 Å². The van der Waals surface area contributed by atoms with E-state index in [9.17, 15) is 5.11 Å². The van der Waals surface area contributed by atoms with E-state index in [0.717, 1.165) is 12.8 Å². The minimum atomic E-state index is 0.0404. The van der Waals surface area contributed by atoms with E-state index in [4.69, 9.17) is 4.74 Å². The largest absolute Gasteiger partial charge is 0.510 e. The molecule has 0 atom stereocenters. The van der Waals surface area contributed by atoms with Crippen molar-refractivity contribution in [3.8, 4) is 0 Å². The quantitative estimate of drug-likeness (QED) is 0.602. The summed E-state index contributed by atoms with van der Waals surface area (Å²) >= 11 is 0. The van der Waals surface area contributed by atoms with Crippen LogP contribution in [-0.2, 0) is 4.74 Å². The molecule has 1 N–H and O–H groups in total. The van der Waals surface area contributed by atoms with Crippen LogP contribution in [0.1, 0.15) is 32.6 Å². The minimum Gasteiger partial charge on any atom is -0.510 e. The summed E-state index contributed by atoms with van der Waals surface area (Å²) in [6, 6.07) is 0. The Morgan fingerprint density at radius 2 is 2.17 bits per heavy atom. The Morgan fingerprint density at radius 3 is 2.83 bits per heavy atom. The van der Waals surface area contributed by atoms with Crippen LogP contribution >= 0.6 is 0 Å². The van der Waals surface area contributed by atoms with Crippen molar-refractivity contribution in [2.24, 2.45) is 5.92 Å². The topological polar surface area (TPSA) is 29.5 Å². The van der Waals surface area contributed by atoms with Crippen molar-refractivity contribution in [1.82, 2.24) is 0 Å². The highest BCUT2D eigenvalue weighted by Gasteiger charge is 2.33. The Bertz CT molecular complexity index is 200. The number of aliphatic hydroxyl groups is 1. The molecule has 3 rings (SSSR count). The van der Waals surface area contributed by atoms with Gasteiger partial charge in [-0.1, -0.05) is 0 Å². The van der Waals surface area contributed by atoms with E-state index >= 15 is 0 Å².